The first-order valence-electron chi connectivity index (χ1n) is 0.783. The Kier molecular flexibility index (Phi) is 14.1. The average molecular weight is 331 g/mol. The van der Waals surface area contributed by atoms with Crippen molar-refractivity contribution < 1.29 is 19.2 Å². The van der Waals surface area contributed by atoms with E-state index in [1.54, 1.807) is 0 Å². The Morgan fingerprint density at radius 2 is 1.14 bits per heavy atom. The van der Waals surface area contributed by atoms with Crippen molar-refractivity contribution in [2.24, 2.45) is 0 Å². The van der Waals surface area contributed by atoms with Crippen LogP contribution in [0.1, 0.15) is 0 Å². The summed E-state index contributed by atoms with van der Waals surface area (Å²) in [5.74, 6) is 0. The van der Waals surface area contributed by atoms with E-state index in [9.17, 15) is 0 Å². The first-order valence-corrected chi connectivity index (χ1v) is 2.35. The Labute approximate surface area is 83.0 Å². The zero-order valence-corrected chi connectivity index (χ0v) is 9.30. The van der Waals surface area contributed by atoms with Gasteiger partial charge in [0.05, 0.1) is 0 Å². The standard InChI is InChI=1S/Na.H3O4P.Pb.3H/c;1-5(2,3)4;;;;/h;(H3,1,2,3,4);;;;. The molecular weight excluding hydrogens is 325 g/mol. The van der Waals surface area contributed by atoms with Gasteiger partial charge in [-0.1, -0.05) is 0 Å². The van der Waals surface area contributed by atoms with Gasteiger partial charge < -0.3 is 14.7 Å². The summed E-state index contributed by atoms with van der Waals surface area (Å²) in [6, 6.07) is 0. The SMILES string of the molecule is O=P(O)(O)O.[NaH].[PbH2]. The molecular formula is H6NaO4PPb. The Hall–Kier alpha value is 2.03. The number of phosphoric acid groups is 1. The molecule has 0 amide bonds. The van der Waals surface area contributed by atoms with E-state index in [4.69, 9.17) is 19.2 Å². The van der Waals surface area contributed by atoms with Crippen molar-refractivity contribution in [3.05, 3.63) is 0 Å². The fourth-order valence-corrected chi connectivity index (χ4v) is 0. The predicted octanol–water partition coefficient (Wildman–Crippen LogP) is -2.49. The van der Waals surface area contributed by atoms with Crippen LogP contribution in [-0.4, -0.2) is 71.5 Å². The second-order valence-electron chi connectivity index (χ2n) is 0.513. The van der Waals surface area contributed by atoms with Gasteiger partial charge in [-0.05, 0) is 0 Å². The molecule has 0 aliphatic carbocycles. The molecule has 0 saturated heterocycles. The van der Waals surface area contributed by atoms with Gasteiger partial charge in [0.1, 0.15) is 0 Å². The Balaban J connectivity index is -0.0000000800. The number of rotatable bonds is 0. The summed E-state index contributed by atoms with van der Waals surface area (Å²) in [6.45, 7) is 0. The molecule has 0 aromatic heterocycles. The molecule has 7 heavy (non-hydrogen) atoms. The first-order chi connectivity index (χ1) is 2.00. The third kappa shape index (κ3) is 70.8. The van der Waals surface area contributed by atoms with Gasteiger partial charge >= 0.3 is 64.7 Å². The van der Waals surface area contributed by atoms with Crippen molar-refractivity contribution in [1.82, 2.24) is 0 Å². The molecule has 7 heteroatoms. The zero-order chi connectivity index (χ0) is 4.50. The molecule has 0 bridgehead atoms. The van der Waals surface area contributed by atoms with Gasteiger partial charge in [-0.15, -0.1) is 0 Å². The Bertz CT molecular complexity index is 57.8. The van der Waals surface area contributed by atoms with Crippen LogP contribution in [0.2, 0.25) is 0 Å². The van der Waals surface area contributed by atoms with Gasteiger partial charge in [-0.3, -0.25) is 0 Å². The molecule has 0 heterocycles. The van der Waals surface area contributed by atoms with Crippen LogP contribution >= 0.6 is 7.82 Å². The zero-order valence-electron chi connectivity index (χ0n) is 2.90. The van der Waals surface area contributed by atoms with Gasteiger partial charge in [0.25, 0.3) is 0 Å². The maximum absolute atomic E-state index is 8.88. The fourth-order valence-electron chi connectivity index (χ4n) is 0. The van der Waals surface area contributed by atoms with Crippen molar-refractivity contribution in [2.45, 2.75) is 0 Å². The molecule has 0 aliphatic heterocycles. The normalized spacial score (nSPS) is 8.43. The van der Waals surface area contributed by atoms with Crippen LogP contribution in [0.5, 0.6) is 0 Å². The maximum atomic E-state index is 8.88. The van der Waals surface area contributed by atoms with E-state index >= 15 is 0 Å². The van der Waals surface area contributed by atoms with E-state index in [1.165, 1.54) is 0 Å². The van der Waals surface area contributed by atoms with Crippen LogP contribution in [0.25, 0.3) is 0 Å². The summed E-state index contributed by atoms with van der Waals surface area (Å²) in [5, 5.41) is 0. The number of hydrogen-bond acceptors (Lipinski definition) is 1. The monoisotopic (exact) mass is 332 g/mol. The van der Waals surface area contributed by atoms with Gasteiger partial charge in [0, 0.05) is 0 Å². The molecule has 0 rings (SSSR count). The molecule has 0 atom stereocenters. The second-order valence-corrected chi connectivity index (χ2v) is 1.54. The third-order valence-electron chi connectivity index (χ3n) is 0. The minimum atomic E-state index is -4.64. The van der Waals surface area contributed by atoms with Gasteiger partial charge in [-0.2, -0.15) is 0 Å². The summed E-state index contributed by atoms with van der Waals surface area (Å²) in [6.07, 6.45) is 0. The van der Waals surface area contributed by atoms with Crippen molar-refractivity contribution in [3.8, 4) is 0 Å². The van der Waals surface area contributed by atoms with Crippen molar-refractivity contribution in [1.29, 1.82) is 0 Å². The van der Waals surface area contributed by atoms with Crippen LogP contribution in [0.3, 0.4) is 0 Å². The molecule has 2 radical (unpaired) electrons. The van der Waals surface area contributed by atoms with Crippen molar-refractivity contribution >= 4 is 64.7 Å². The summed E-state index contributed by atoms with van der Waals surface area (Å²) in [7, 11) is -4.64. The Morgan fingerprint density at radius 1 is 1.14 bits per heavy atom. The van der Waals surface area contributed by atoms with E-state index in [-0.39, 0.29) is 56.9 Å². The quantitative estimate of drug-likeness (QED) is 0.339. The first kappa shape index (κ1) is 16.0. The van der Waals surface area contributed by atoms with E-state index in [1.807, 2.05) is 0 Å². The molecule has 0 aromatic rings. The number of hydrogen-bond donors (Lipinski definition) is 3. The van der Waals surface area contributed by atoms with Gasteiger partial charge in [0.15, 0.2) is 0 Å². The van der Waals surface area contributed by atoms with E-state index < -0.39 is 7.82 Å². The average Bonchev–Trinajstić information content (AvgIpc) is 0.722. The molecule has 0 aliphatic rings. The predicted molar refractivity (Wildman–Crippen MR) is 30.0 cm³/mol. The fraction of sp³-hybridized carbons (Fsp3) is 0. The van der Waals surface area contributed by atoms with Crippen LogP contribution in [-0.2, 0) is 4.57 Å². The van der Waals surface area contributed by atoms with Crippen molar-refractivity contribution in [3.63, 3.8) is 0 Å². The molecule has 0 fully saturated rings. The van der Waals surface area contributed by atoms with E-state index in [0.717, 1.165) is 0 Å². The Morgan fingerprint density at radius 3 is 1.14 bits per heavy atom. The van der Waals surface area contributed by atoms with Crippen molar-refractivity contribution in [2.75, 3.05) is 0 Å². The topological polar surface area (TPSA) is 77.8 Å². The minimum absolute atomic E-state index is 0. The molecule has 40 valence electrons. The second kappa shape index (κ2) is 6.16. The van der Waals surface area contributed by atoms with E-state index in [0.29, 0.717) is 0 Å². The van der Waals surface area contributed by atoms with E-state index in [2.05, 4.69) is 0 Å². The summed E-state index contributed by atoms with van der Waals surface area (Å²) in [5.41, 5.74) is 0. The molecule has 0 saturated carbocycles. The summed E-state index contributed by atoms with van der Waals surface area (Å²) in [4.78, 5) is 21.6. The summed E-state index contributed by atoms with van der Waals surface area (Å²) >= 11 is 0. The van der Waals surface area contributed by atoms with Gasteiger partial charge in [0.2, 0.25) is 0 Å². The van der Waals surface area contributed by atoms with Crippen LogP contribution in [0.15, 0.2) is 0 Å². The molecule has 0 aromatic carbocycles. The van der Waals surface area contributed by atoms with Gasteiger partial charge in [-0.25, -0.2) is 4.57 Å². The van der Waals surface area contributed by atoms with Crippen LogP contribution in [0, 0.1) is 0 Å². The molecule has 0 unspecified atom stereocenters. The van der Waals surface area contributed by atoms with Crippen LogP contribution in [0.4, 0.5) is 0 Å². The molecule has 3 N–H and O–H groups in total. The van der Waals surface area contributed by atoms with Crippen LogP contribution < -0.4 is 0 Å². The molecule has 0 spiro atoms. The summed E-state index contributed by atoms with van der Waals surface area (Å²) < 4.78 is 8.88. The third-order valence-corrected chi connectivity index (χ3v) is 0. The molecule has 4 nitrogen and oxygen atoms in total.